The van der Waals surface area contributed by atoms with E-state index in [-0.39, 0.29) is 0 Å². The highest BCUT2D eigenvalue weighted by Gasteiger charge is 2.21. The Kier molecular flexibility index (Phi) is 3.05. The quantitative estimate of drug-likeness (QED) is 0.889. The Morgan fingerprint density at radius 1 is 1.26 bits per heavy atom. The van der Waals surface area contributed by atoms with Gasteiger partial charge in [-0.25, -0.2) is 4.68 Å². The van der Waals surface area contributed by atoms with E-state index in [4.69, 9.17) is 5.10 Å². The molecule has 1 atom stereocenters. The summed E-state index contributed by atoms with van der Waals surface area (Å²) < 4.78 is 2.11. The van der Waals surface area contributed by atoms with Crippen molar-refractivity contribution in [1.29, 1.82) is 0 Å². The van der Waals surface area contributed by atoms with Crippen LogP contribution in [-0.2, 0) is 6.54 Å². The normalized spacial score (nSPS) is 18.2. The van der Waals surface area contributed by atoms with Gasteiger partial charge in [0.1, 0.15) is 5.82 Å². The Balaban J connectivity index is 1.83. The van der Waals surface area contributed by atoms with Gasteiger partial charge in [-0.15, -0.1) is 0 Å². The Bertz CT molecular complexity index is 566. The van der Waals surface area contributed by atoms with E-state index in [1.54, 1.807) is 0 Å². The molecule has 0 aliphatic carbocycles. The smallest absolute Gasteiger partial charge is 0.124 e. The molecule has 1 aliphatic rings. The van der Waals surface area contributed by atoms with Crippen LogP contribution in [0.1, 0.15) is 42.5 Å². The molecule has 1 aromatic carbocycles. The van der Waals surface area contributed by atoms with Crippen molar-refractivity contribution >= 4 is 5.82 Å². The van der Waals surface area contributed by atoms with Crippen LogP contribution < -0.4 is 5.32 Å². The zero-order chi connectivity index (χ0) is 13.4. The van der Waals surface area contributed by atoms with Gasteiger partial charge in [-0.1, -0.05) is 43.7 Å². The number of anilines is 1. The molecular weight excluding hydrogens is 234 g/mol. The van der Waals surface area contributed by atoms with Crippen LogP contribution in [0.3, 0.4) is 0 Å². The molecule has 2 heterocycles. The number of aromatic nitrogens is 2. The van der Waals surface area contributed by atoms with Crippen LogP contribution in [0, 0.1) is 6.92 Å². The van der Waals surface area contributed by atoms with Crippen LogP contribution in [0.15, 0.2) is 30.3 Å². The molecule has 100 valence electrons. The number of hydrogen-bond donors (Lipinski definition) is 1. The zero-order valence-corrected chi connectivity index (χ0v) is 11.9. The number of aryl methyl sites for hydroxylation is 1. The van der Waals surface area contributed by atoms with Crippen LogP contribution in [0.5, 0.6) is 0 Å². The van der Waals surface area contributed by atoms with Gasteiger partial charge in [0.2, 0.25) is 0 Å². The van der Waals surface area contributed by atoms with Crippen molar-refractivity contribution in [2.24, 2.45) is 0 Å². The van der Waals surface area contributed by atoms with E-state index < -0.39 is 0 Å². The van der Waals surface area contributed by atoms with Gasteiger partial charge < -0.3 is 5.32 Å². The third kappa shape index (κ3) is 2.37. The molecule has 0 fully saturated rings. The Morgan fingerprint density at radius 3 is 2.68 bits per heavy atom. The number of fused-ring (bicyclic) bond motifs is 1. The monoisotopic (exact) mass is 255 g/mol. The highest BCUT2D eigenvalue weighted by Crippen LogP contribution is 2.27. The van der Waals surface area contributed by atoms with Gasteiger partial charge >= 0.3 is 0 Å². The molecule has 3 rings (SSSR count). The fraction of sp³-hybridized carbons (Fsp3) is 0.438. The van der Waals surface area contributed by atoms with E-state index in [1.807, 2.05) is 0 Å². The van der Waals surface area contributed by atoms with Crippen LogP contribution in [-0.4, -0.2) is 16.3 Å². The Labute approximate surface area is 114 Å². The molecule has 1 unspecified atom stereocenters. The van der Waals surface area contributed by atoms with Gasteiger partial charge in [0.25, 0.3) is 0 Å². The lowest BCUT2D eigenvalue weighted by Gasteiger charge is -2.25. The highest BCUT2D eigenvalue weighted by atomic mass is 15.3. The van der Waals surface area contributed by atoms with Crippen LogP contribution in [0.25, 0.3) is 0 Å². The zero-order valence-electron chi connectivity index (χ0n) is 11.9. The first-order valence-electron chi connectivity index (χ1n) is 7.01. The third-order valence-electron chi connectivity index (χ3n) is 3.86. The molecule has 0 bridgehead atoms. The molecule has 19 heavy (non-hydrogen) atoms. The lowest BCUT2D eigenvalue weighted by Crippen LogP contribution is -2.26. The van der Waals surface area contributed by atoms with E-state index in [0.717, 1.165) is 18.9 Å². The first-order valence-corrected chi connectivity index (χ1v) is 7.01. The maximum Gasteiger partial charge on any atom is 0.124 e. The molecular formula is C16H21N3. The number of nitrogens with one attached hydrogen (secondary N) is 1. The molecule has 0 amide bonds. The number of rotatable bonds is 2. The molecule has 0 spiro atoms. The summed E-state index contributed by atoms with van der Waals surface area (Å²) in [6.45, 7) is 8.46. The number of hydrogen-bond acceptors (Lipinski definition) is 2. The van der Waals surface area contributed by atoms with Gasteiger partial charge in [-0.2, -0.15) is 5.10 Å². The lowest BCUT2D eigenvalue weighted by molar-refractivity contribution is 0.499. The highest BCUT2D eigenvalue weighted by molar-refractivity contribution is 5.41. The topological polar surface area (TPSA) is 29.9 Å². The maximum atomic E-state index is 4.70. The van der Waals surface area contributed by atoms with Crippen molar-refractivity contribution < 1.29 is 0 Å². The summed E-state index contributed by atoms with van der Waals surface area (Å²) in [6.07, 6.45) is 0. The van der Waals surface area contributed by atoms with Crippen molar-refractivity contribution in [3.63, 3.8) is 0 Å². The second-order valence-corrected chi connectivity index (χ2v) is 5.78. The van der Waals surface area contributed by atoms with Gasteiger partial charge in [0.15, 0.2) is 0 Å². The minimum Gasteiger partial charge on any atom is -0.370 e. The van der Waals surface area contributed by atoms with Gasteiger partial charge in [-0.05, 0) is 18.4 Å². The fourth-order valence-electron chi connectivity index (χ4n) is 2.56. The molecule has 2 aromatic rings. The van der Waals surface area contributed by atoms with E-state index in [0.29, 0.717) is 11.8 Å². The Hall–Kier alpha value is -1.77. The fourth-order valence-corrected chi connectivity index (χ4v) is 2.56. The van der Waals surface area contributed by atoms with Gasteiger partial charge in [0, 0.05) is 18.5 Å². The standard InChI is InChI=1S/C16H21N3/c1-11(2)15-8-16-17-9-14(10-19(16)18-15)13-6-4-12(3)5-7-13/h4-8,11,14,17H,9-10H2,1-3H3. The first kappa shape index (κ1) is 12.3. The predicted molar refractivity (Wildman–Crippen MR) is 78.7 cm³/mol. The van der Waals surface area contributed by atoms with Crippen LogP contribution in [0.2, 0.25) is 0 Å². The average molecular weight is 255 g/mol. The average Bonchev–Trinajstić information content (AvgIpc) is 2.82. The van der Waals surface area contributed by atoms with Crippen molar-refractivity contribution in [2.75, 3.05) is 11.9 Å². The second-order valence-electron chi connectivity index (χ2n) is 5.78. The molecule has 0 saturated heterocycles. The minimum absolute atomic E-state index is 0.484. The summed E-state index contributed by atoms with van der Waals surface area (Å²) >= 11 is 0. The second kappa shape index (κ2) is 4.72. The first-order chi connectivity index (χ1) is 9.13. The minimum atomic E-state index is 0.484. The summed E-state index contributed by atoms with van der Waals surface area (Å²) in [7, 11) is 0. The molecule has 0 radical (unpaired) electrons. The summed E-state index contributed by atoms with van der Waals surface area (Å²) in [5, 5.41) is 8.20. The molecule has 1 N–H and O–H groups in total. The van der Waals surface area contributed by atoms with Gasteiger partial charge in [0.05, 0.1) is 12.2 Å². The molecule has 1 aliphatic heterocycles. The van der Waals surface area contributed by atoms with E-state index in [9.17, 15) is 0 Å². The van der Waals surface area contributed by atoms with Crippen LogP contribution in [0.4, 0.5) is 5.82 Å². The third-order valence-corrected chi connectivity index (χ3v) is 3.86. The SMILES string of the molecule is Cc1ccc(C2CNc3cc(C(C)C)nn3C2)cc1. The van der Waals surface area contributed by atoms with Crippen molar-refractivity contribution in [3.8, 4) is 0 Å². The number of nitrogens with zero attached hydrogens (tertiary/aromatic N) is 2. The van der Waals surface area contributed by atoms with E-state index in [2.05, 4.69) is 61.1 Å². The molecule has 3 heteroatoms. The molecule has 1 aromatic heterocycles. The number of benzene rings is 1. The summed E-state index contributed by atoms with van der Waals surface area (Å²) in [5.74, 6) is 2.15. The van der Waals surface area contributed by atoms with Crippen molar-refractivity contribution in [1.82, 2.24) is 9.78 Å². The maximum absolute atomic E-state index is 4.70. The predicted octanol–water partition coefficient (Wildman–Crippen LogP) is 3.52. The Morgan fingerprint density at radius 2 is 2.00 bits per heavy atom. The van der Waals surface area contributed by atoms with Crippen LogP contribution >= 0.6 is 0 Å². The van der Waals surface area contributed by atoms with E-state index in [1.165, 1.54) is 16.8 Å². The summed E-state index contributed by atoms with van der Waals surface area (Å²) in [6, 6.07) is 11.0. The summed E-state index contributed by atoms with van der Waals surface area (Å²) in [4.78, 5) is 0. The molecule has 3 nitrogen and oxygen atoms in total. The largest absolute Gasteiger partial charge is 0.370 e. The van der Waals surface area contributed by atoms with E-state index >= 15 is 0 Å². The van der Waals surface area contributed by atoms with Gasteiger partial charge in [-0.3, -0.25) is 0 Å². The summed E-state index contributed by atoms with van der Waals surface area (Å²) in [5.41, 5.74) is 3.88. The van der Waals surface area contributed by atoms with Crippen molar-refractivity contribution in [3.05, 3.63) is 47.2 Å². The van der Waals surface area contributed by atoms with Crippen molar-refractivity contribution in [2.45, 2.75) is 39.2 Å². The lowest BCUT2D eigenvalue weighted by atomic mass is 9.97. The molecule has 0 saturated carbocycles.